The minimum atomic E-state index is -1.95. The first-order valence-electron chi connectivity index (χ1n) is 10.1. The van der Waals surface area contributed by atoms with Crippen molar-refractivity contribution in [3.8, 4) is 6.07 Å². The zero-order valence-corrected chi connectivity index (χ0v) is 19.7. The van der Waals surface area contributed by atoms with Gasteiger partial charge in [0.1, 0.15) is 23.1 Å². The largest absolute Gasteiger partial charge is 0.480 e. The van der Waals surface area contributed by atoms with Crippen LogP contribution in [-0.4, -0.2) is 34.5 Å². The number of nitrogens with zero attached hydrogens (tertiary/aromatic N) is 2. The van der Waals surface area contributed by atoms with Gasteiger partial charge in [0.05, 0.1) is 17.1 Å². The molecule has 2 aromatic carbocycles. The number of hydrogen-bond acceptors (Lipinski definition) is 3. The molecule has 174 valence electrons. The van der Waals surface area contributed by atoms with Crippen molar-refractivity contribution < 1.29 is 23.5 Å². The van der Waals surface area contributed by atoms with Crippen molar-refractivity contribution in [2.45, 2.75) is 50.6 Å². The summed E-state index contributed by atoms with van der Waals surface area (Å²) in [6.07, 6.45) is 0.474. The molecule has 1 fully saturated rings. The molecule has 0 bridgehead atoms. The molecular formula is C24H22Cl2F2N2O3. The van der Waals surface area contributed by atoms with Crippen molar-refractivity contribution in [3.05, 3.63) is 69.2 Å². The Hall–Kier alpha value is -2.69. The van der Waals surface area contributed by atoms with Crippen LogP contribution in [0.5, 0.6) is 0 Å². The lowest BCUT2D eigenvalue weighted by Crippen LogP contribution is -2.46. The Bertz CT molecular complexity index is 1150. The van der Waals surface area contributed by atoms with Crippen LogP contribution in [-0.2, 0) is 15.0 Å². The molecule has 3 rings (SSSR count). The van der Waals surface area contributed by atoms with Gasteiger partial charge in [0.2, 0.25) is 6.41 Å². The van der Waals surface area contributed by atoms with Crippen molar-refractivity contribution >= 4 is 35.6 Å². The first kappa shape index (κ1) is 24.9. The number of carbonyl (C=O) groups excluding carboxylic acids is 1. The van der Waals surface area contributed by atoms with Gasteiger partial charge in [0.25, 0.3) is 0 Å². The average Bonchev–Trinajstić information content (AvgIpc) is 2.98. The molecule has 5 nitrogen and oxygen atoms in total. The molecular weight excluding hydrogens is 473 g/mol. The second kappa shape index (κ2) is 8.92. The second-order valence-corrected chi connectivity index (χ2v) is 10.2. The quantitative estimate of drug-likeness (QED) is 0.552. The Morgan fingerprint density at radius 3 is 2.45 bits per heavy atom. The van der Waals surface area contributed by atoms with Crippen LogP contribution in [0.3, 0.4) is 0 Å². The van der Waals surface area contributed by atoms with Gasteiger partial charge in [0.15, 0.2) is 0 Å². The summed E-state index contributed by atoms with van der Waals surface area (Å²) in [5.74, 6) is -4.68. The molecule has 4 atom stereocenters. The SMILES string of the molecule is CC(C)(C)C[C@@H]1N(C=O)[C@@H](C(=O)O)[C@H](c2cccc(Cl)c2F)[C@@]1(C#N)c1ccc(Cl)cc1F. The van der Waals surface area contributed by atoms with Gasteiger partial charge in [-0.3, -0.25) is 4.79 Å². The summed E-state index contributed by atoms with van der Waals surface area (Å²) in [6, 6.07) is 7.08. The fourth-order valence-corrected chi connectivity index (χ4v) is 5.21. The van der Waals surface area contributed by atoms with Crippen LogP contribution in [0.15, 0.2) is 36.4 Å². The number of amides is 1. The van der Waals surface area contributed by atoms with E-state index in [0.29, 0.717) is 6.41 Å². The fraction of sp³-hybridized carbons (Fsp3) is 0.375. The van der Waals surface area contributed by atoms with Crippen molar-refractivity contribution in [2.75, 3.05) is 0 Å². The smallest absolute Gasteiger partial charge is 0.327 e. The zero-order chi connectivity index (χ0) is 24.7. The Kier molecular flexibility index (Phi) is 6.74. The summed E-state index contributed by atoms with van der Waals surface area (Å²) >= 11 is 11.9. The maximum absolute atomic E-state index is 15.4. The van der Waals surface area contributed by atoms with Crippen LogP contribution in [0, 0.1) is 28.4 Å². The van der Waals surface area contributed by atoms with Gasteiger partial charge in [-0.1, -0.05) is 62.2 Å². The monoisotopic (exact) mass is 494 g/mol. The summed E-state index contributed by atoms with van der Waals surface area (Å²) in [7, 11) is 0. The average molecular weight is 495 g/mol. The molecule has 0 aromatic heterocycles. The zero-order valence-electron chi connectivity index (χ0n) is 18.2. The van der Waals surface area contributed by atoms with Crippen molar-refractivity contribution in [1.82, 2.24) is 4.90 Å². The van der Waals surface area contributed by atoms with Gasteiger partial charge in [-0.05, 0) is 35.6 Å². The standard InChI is InChI=1S/C24H22Cl2F2N2O3/c1-23(2,3)10-18-24(11-29,15-8-7-13(25)9-17(15)27)19(21(22(32)33)30(18)12-31)14-5-4-6-16(26)20(14)28/h4-9,12,18-19,21H,10H2,1-3H3,(H,32,33)/t18-,19-,21+,24-/m0/s1. The van der Waals surface area contributed by atoms with Crippen LogP contribution >= 0.6 is 23.2 Å². The van der Waals surface area contributed by atoms with E-state index in [-0.39, 0.29) is 27.6 Å². The number of benzene rings is 2. The van der Waals surface area contributed by atoms with Crippen LogP contribution in [0.25, 0.3) is 0 Å². The highest BCUT2D eigenvalue weighted by atomic mass is 35.5. The number of hydrogen-bond donors (Lipinski definition) is 1. The third kappa shape index (κ3) is 4.18. The summed E-state index contributed by atoms with van der Waals surface area (Å²) in [4.78, 5) is 25.7. The first-order valence-corrected chi connectivity index (χ1v) is 10.9. The molecule has 1 N–H and O–H groups in total. The van der Waals surface area contributed by atoms with Gasteiger partial charge in [-0.25, -0.2) is 13.6 Å². The molecule has 1 heterocycles. The van der Waals surface area contributed by atoms with E-state index >= 15 is 8.78 Å². The predicted octanol–water partition coefficient (Wildman–Crippen LogP) is 5.55. The normalized spacial score (nSPS) is 25.0. The molecule has 1 amide bonds. The summed E-state index contributed by atoms with van der Waals surface area (Å²) in [5.41, 5.74) is -2.79. The second-order valence-electron chi connectivity index (χ2n) is 9.34. The van der Waals surface area contributed by atoms with Crippen LogP contribution in [0.1, 0.15) is 44.2 Å². The van der Waals surface area contributed by atoms with Crippen LogP contribution in [0.4, 0.5) is 8.78 Å². The lowest BCUT2D eigenvalue weighted by Gasteiger charge is -2.38. The summed E-state index contributed by atoms with van der Waals surface area (Å²) < 4.78 is 30.6. The number of carbonyl (C=O) groups is 2. The molecule has 1 aliphatic heterocycles. The van der Waals surface area contributed by atoms with Crippen molar-refractivity contribution in [2.24, 2.45) is 5.41 Å². The third-order valence-electron chi connectivity index (χ3n) is 6.07. The van der Waals surface area contributed by atoms with E-state index in [9.17, 15) is 20.0 Å². The number of halogens is 4. The van der Waals surface area contributed by atoms with Gasteiger partial charge < -0.3 is 10.0 Å². The maximum Gasteiger partial charge on any atom is 0.327 e. The van der Waals surface area contributed by atoms with E-state index in [1.807, 2.05) is 20.8 Å². The van der Waals surface area contributed by atoms with E-state index in [1.165, 1.54) is 30.3 Å². The van der Waals surface area contributed by atoms with E-state index in [0.717, 1.165) is 11.0 Å². The number of carboxylic acid groups (broad SMARTS) is 1. The van der Waals surface area contributed by atoms with E-state index in [1.54, 1.807) is 0 Å². The minimum absolute atomic E-state index is 0.0715. The summed E-state index contributed by atoms with van der Waals surface area (Å²) in [5, 5.41) is 20.5. The highest BCUT2D eigenvalue weighted by Gasteiger charge is 2.65. The molecule has 1 saturated heterocycles. The van der Waals surface area contributed by atoms with Crippen LogP contribution in [0.2, 0.25) is 10.0 Å². The Morgan fingerprint density at radius 2 is 1.94 bits per heavy atom. The number of aliphatic carboxylic acids is 1. The number of rotatable bonds is 5. The Morgan fingerprint density at radius 1 is 1.27 bits per heavy atom. The highest BCUT2D eigenvalue weighted by molar-refractivity contribution is 6.31. The Balaban J connectivity index is 2.48. The highest BCUT2D eigenvalue weighted by Crippen LogP contribution is 2.56. The molecule has 0 saturated carbocycles. The predicted molar refractivity (Wildman–Crippen MR) is 120 cm³/mol. The molecule has 33 heavy (non-hydrogen) atoms. The van der Waals surface area contributed by atoms with Crippen molar-refractivity contribution in [1.29, 1.82) is 5.26 Å². The lowest BCUT2D eigenvalue weighted by atomic mass is 9.62. The fourth-order valence-electron chi connectivity index (χ4n) is 4.87. The molecule has 0 aliphatic carbocycles. The molecule has 2 aromatic rings. The topological polar surface area (TPSA) is 81.4 Å². The lowest BCUT2D eigenvalue weighted by molar-refractivity contribution is -0.146. The summed E-state index contributed by atoms with van der Waals surface area (Å²) in [6.45, 7) is 5.54. The van der Waals surface area contributed by atoms with E-state index in [4.69, 9.17) is 23.2 Å². The van der Waals surface area contributed by atoms with Gasteiger partial charge in [-0.15, -0.1) is 0 Å². The molecule has 9 heteroatoms. The first-order chi connectivity index (χ1) is 15.4. The van der Waals surface area contributed by atoms with E-state index in [2.05, 4.69) is 6.07 Å². The molecule has 0 unspecified atom stereocenters. The van der Waals surface area contributed by atoms with Gasteiger partial charge in [0, 0.05) is 16.5 Å². The Labute approximate surface area is 200 Å². The number of carboxylic acids is 1. The molecule has 1 aliphatic rings. The van der Waals surface area contributed by atoms with Gasteiger partial charge in [-0.2, -0.15) is 5.26 Å². The molecule has 0 spiro atoms. The molecule has 0 radical (unpaired) electrons. The van der Waals surface area contributed by atoms with Crippen LogP contribution < -0.4 is 0 Å². The number of nitriles is 1. The minimum Gasteiger partial charge on any atom is -0.480 e. The third-order valence-corrected chi connectivity index (χ3v) is 6.60. The number of likely N-dealkylation sites (tertiary alicyclic amines) is 1. The van der Waals surface area contributed by atoms with E-state index < -0.39 is 46.4 Å². The maximum atomic E-state index is 15.4. The van der Waals surface area contributed by atoms with Crippen molar-refractivity contribution in [3.63, 3.8) is 0 Å². The van der Waals surface area contributed by atoms with Gasteiger partial charge >= 0.3 is 5.97 Å².